The molecule has 0 fully saturated rings. The number of fused-ring (bicyclic) bond motifs is 1. The number of halogens is 2. The van der Waals surface area contributed by atoms with Gasteiger partial charge < -0.3 is 9.72 Å². The smallest absolute Gasteiger partial charge is 0.132 e. The number of hydrogen-bond donors (Lipinski definition) is 1. The molecule has 0 bridgehead atoms. The van der Waals surface area contributed by atoms with Crippen LogP contribution in [-0.2, 0) is 6.61 Å². The van der Waals surface area contributed by atoms with E-state index >= 15 is 0 Å². The molecule has 1 aromatic heterocycles. The van der Waals surface area contributed by atoms with Gasteiger partial charge in [-0.3, -0.25) is 0 Å². The molecule has 0 atom stereocenters. The number of aromatic nitrogens is 1. The van der Waals surface area contributed by atoms with Gasteiger partial charge in [0.15, 0.2) is 0 Å². The fourth-order valence-electron chi connectivity index (χ4n) is 2.01. The predicted molar refractivity (Wildman–Crippen MR) is 74.0 cm³/mol. The molecule has 2 nitrogen and oxygen atoms in total. The van der Waals surface area contributed by atoms with Gasteiger partial charge in [-0.25, -0.2) is 4.39 Å². The minimum atomic E-state index is -0.242. The van der Waals surface area contributed by atoms with E-state index in [0.717, 1.165) is 11.1 Å². The second-order valence-electron chi connectivity index (χ2n) is 4.22. The molecule has 3 rings (SSSR count). The first kappa shape index (κ1) is 12.1. The minimum absolute atomic E-state index is 0.242. The number of nitrogens with one attached hydrogen (secondary N) is 1. The Hall–Kier alpha value is -2.00. The van der Waals surface area contributed by atoms with Gasteiger partial charge in [-0.1, -0.05) is 17.7 Å². The van der Waals surface area contributed by atoms with Crippen molar-refractivity contribution in [3.05, 3.63) is 65.1 Å². The van der Waals surface area contributed by atoms with Gasteiger partial charge in [-0.2, -0.15) is 0 Å². The van der Waals surface area contributed by atoms with E-state index in [4.69, 9.17) is 16.3 Å². The molecule has 0 unspecified atom stereocenters. The maximum atomic E-state index is 13.8. The van der Waals surface area contributed by atoms with Gasteiger partial charge >= 0.3 is 0 Å². The third-order valence-corrected chi connectivity index (χ3v) is 3.20. The molecule has 19 heavy (non-hydrogen) atoms. The third kappa shape index (κ3) is 2.42. The number of aromatic amines is 1. The molecule has 3 aromatic rings. The molecule has 0 spiro atoms. The Morgan fingerprint density at radius 3 is 2.68 bits per heavy atom. The summed E-state index contributed by atoms with van der Waals surface area (Å²) in [6.45, 7) is 0.308. The fourth-order valence-corrected chi connectivity index (χ4v) is 2.14. The van der Waals surface area contributed by atoms with E-state index in [9.17, 15) is 4.39 Å². The lowest BCUT2D eigenvalue weighted by Crippen LogP contribution is -1.95. The second kappa shape index (κ2) is 4.94. The van der Waals surface area contributed by atoms with Crippen molar-refractivity contribution in [3.63, 3.8) is 0 Å². The van der Waals surface area contributed by atoms with Gasteiger partial charge in [0.1, 0.15) is 18.2 Å². The lowest BCUT2D eigenvalue weighted by Gasteiger charge is -2.05. The molecule has 0 amide bonds. The quantitative estimate of drug-likeness (QED) is 0.746. The Labute approximate surface area is 114 Å². The van der Waals surface area contributed by atoms with Crippen LogP contribution < -0.4 is 4.74 Å². The molecular formula is C15H11ClFNO. The zero-order chi connectivity index (χ0) is 13.2. The van der Waals surface area contributed by atoms with E-state index in [1.807, 2.05) is 6.07 Å². The number of rotatable bonds is 3. The molecule has 0 saturated carbocycles. The van der Waals surface area contributed by atoms with Crippen LogP contribution in [0, 0.1) is 5.82 Å². The van der Waals surface area contributed by atoms with Crippen LogP contribution in [0.4, 0.5) is 4.39 Å². The standard InChI is InChI=1S/C15H11ClFNO/c16-11-4-6-12(7-5-11)19-9-10-8-18-14-3-1-2-13(17)15(10)14/h1-8,18H,9H2. The Bertz CT molecular complexity index is 706. The van der Waals surface area contributed by atoms with Crippen molar-refractivity contribution in [3.8, 4) is 5.75 Å². The first-order chi connectivity index (χ1) is 9.24. The maximum Gasteiger partial charge on any atom is 0.132 e. The SMILES string of the molecule is Fc1cccc2[nH]cc(COc3ccc(Cl)cc3)c12. The van der Waals surface area contributed by atoms with Crippen LogP contribution in [0.1, 0.15) is 5.56 Å². The zero-order valence-corrected chi connectivity index (χ0v) is 10.7. The van der Waals surface area contributed by atoms with Gasteiger partial charge in [0.25, 0.3) is 0 Å². The Morgan fingerprint density at radius 2 is 1.89 bits per heavy atom. The molecule has 0 saturated heterocycles. The molecule has 2 aromatic carbocycles. The van der Waals surface area contributed by atoms with Crippen LogP contribution >= 0.6 is 11.6 Å². The first-order valence-electron chi connectivity index (χ1n) is 5.87. The summed E-state index contributed by atoms with van der Waals surface area (Å²) in [5.41, 5.74) is 1.57. The molecule has 0 radical (unpaired) electrons. The summed E-state index contributed by atoms with van der Waals surface area (Å²) in [5.74, 6) is 0.462. The largest absolute Gasteiger partial charge is 0.489 e. The van der Waals surface area contributed by atoms with Crippen LogP contribution in [0.5, 0.6) is 5.75 Å². The Kier molecular flexibility index (Phi) is 3.13. The van der Waals surface area contributed by atoms with Crippen molar-refractivity contribution < 1.29 is 9.13 Å². The topological polar surface area (TPSA) is 25.0 Å². The number of ether oxygens (including phenoxy) is 1. The fraction of sp³-hybridized carbons (Fsp3) is 0.0667. The van der Waals surface area contributed by atoms with Gasteiger partial charge in [0.05, 0.1) is 0 Å². The van der Waals surface area contributed by atoms with Crippen molar-refractivity contribution in [1.82, 2.24) is 4.98 Å². The molecule has 1 N–H and O–H groups in total. The lowest BCUT2D eigenvalue weighted by molar-refractivity contribution is 0.307. The normalized spacial score (nSPS) is 10.8. The summed E-state index contributed by atoms with van der Waals surface area (Å²) >= 11 is 5.80. The highest BCUT2D eigenvalue weighted by Gasteiger charge is 2.08. The number of H-pyrrole nitrogens is 1. The maximum absolute atomic E-state index is 13.8. The highest BCUT2D eigenvalue weighted by molar-refractivity contribution is 6.30. The summed E-state index contributed by atoms with van der Waals surface area (Å²) in [5, 5.41) is 1.24. The van der Waals surface area contributed by atoms with Gasteiger partial charge in [0.2, 0.25) is 0 Å². The van der Waals surface area contributed by atoms with Crippen molar-refractivity contribution in [2.75, 3.05) is 0 Å². The van der Waals surface area contributed by atoms with Gasteiger partial charge in [0, 0.05) is 27.7 Å². The van der Waals surface area contributed by atoms with E-state index in [0.29, 0.717) is 22.8 Å². The predicted octanol–water partition coefficient (Wildman–Crippen LogP) is 4.54. The first-order valence-corrected chi connectivity index (χ1v) is 6.25. The van der Waals surface area contributed by atoms with Crippen molar-refractivity contribution in [1.29, 1.82) is 0 Å². The highest BCUT2D eigenvalue weighted by atomic mass is 35.5. The highest BCUT2D eigenvalue weighted by Crippen LogP contribution is 2.23. The number of hydrogen-bond acceptors (Lipinski definition) is 1. The molecule has 0 aliphatic carbocycles. The molecule has 0 aliphatic rings. The lowest BCUT2D eigenvalue weighted by atomic mass is 10.2. The van der Waals surface area contributed by atoms with E-state index < -0.39 is 0 Å². The molecule has 0 aliphatic heterocycles. The molecule has 96 valence electrons. The van der Waals surface area contributed by atoms with E-state index in [1.165, 1.54) is 6.07 Å². The van der Waals surface area contributed by atoms with Crippen molar-refractivity contribution >= 4 is 22.5 Å². The van der Waals surface area contributed by atoms with Crippen molar-refractivity contribution in [2.24, 2.45) is 0 Å². The van der Waals surface area contributed by atoms with Gasteiger partial charge in [-0.15, -0.1) is 0 Å². The molecular weight excluding hydrogens is 265 g/mol. The second-order valence-corrected chi connectivity index (χ2v) is 4.66. The Morgan fingerprint density at radius 1 is 1.11 bits per heavy atom. The number of benzene rings is 2. The van der Waals surface area contributed by atoms with Gasteiger partial charge in [-0.05, 0) is 36.4 Å². The molecule has 4 heteroatoms. The summed E-state index contributed by atoms with van der Waals surface area (Å²) in [6.07, 6.45) is 1.77. The van der Waals surface area contributed by atoms with Crippen molar-refractivity contribution in [2.45, 2.75) is 6.61 Å². The van der Waals surface area contributed by atoms with Crippen LogP contribution in [0.25, 0.3) is 10.9 Å². The van der Waals surface area contributed by atoms with Crippen LogP contribution in [0.3, 0.4) is 0 Å². The summed E-state index contributed by atoms with van der Waals surface area (Å²) in [7, 11) is 0. The van der Waals surface area contributed by atoms with Crippen LogP contribution in [0.15, 0.2) is 48.7 Å². The minimum Gasteiger partial charge on any atom is -0.489 e. The van der Waals surface area contributed by atoms with E-state index in [1.54, 1.807) is 36.5 Å². The summed E-state index contributed by atoms with van der Waals surface area (Å²) in [6, 6.07) is 12.0. The zero-order valence-electron chi connectivity index (χ0n) is 9.99. The van der Waals surface area contributed by atoms with E-state index in [2.05, 4.69) is 4.98 Å². The average molecular weight is 276 g/mol. The average Bonchev–Trinajstić information content (AvgIpc) is 2.83. The van der Waals surface area contributed by atoms with E-state index in [-0.39, 0.29) is 5.82 Å². The Balaban J connectivity index is 1.84. The monoisotopic (exact) mass is 275 g/mol. The van der Waals surface area contributed by atoms with Crippen LogP contribution in [-0.4, -0.2) is 4.98 Å². The summed E-state index contributed by atoms with van der Waals surface area (Å²) in [4.78, 5) is 3.03. The molecule has 1 heterocycles. The van der Waals surface area contributed by atoms with Crippen LogP contribution in [0.2, 0.25) is 5.02 Å². The summed E-state index contributed by atoms with van der Waals surface area (Å²) < 4.78 is 19.4. The third-order valence-electron chi connectivity index (χ3n) is 2.94.